The van der Waals surface area contributed by atoms with Crippen molar-refractivity contribution < 1.29 is 45.4 Å². The molecule has 0 spiro atoms. The number of benzene rings is 3. The maximum absolute atomic E-state index is 12.9. The molecule has 0 aromatic heterocycles. The van der Waals surface area contributed by atoms with Gasteiger partial charge < -0.3 is 14.2 Å². The van der Waals surface area contributed by atoms with Crippen molar-refractivity contribution in [2.75, 3.05) is 12.5 Å². The molecule has 43 heavy (non-hydrogen) atoms. The van der Waals surface area contributed by atoms with E-state index in [0.717, 1.165) is 18.9 Å². The van der Waals surface area contributed by atoms with E-state index in [0.29, 0.717) is 12.3 Å². The van der Waals surface area contributed by atoms with Crippen LogP contribution in [0.15, 0.2) is 88.7 Å². The lowest BCUT2D eigenvalue weighted by Crippen LogP contribution is -2.21. The van der Waals surface area contributed by atoms with E-state index in [1.807, 2.05) is 6.08 Å². The summed E-state index contributed by atoms with van der Waals surface area (Å²) in [6.07, 6.45) is 7.88. The smallest absolute Gasteiger partial charge is 0.343 e. The molecule has 1 saturated carbocycles. The molecule has 5 rings (SSSR count). The lowest BCUT2D eigenvalue weighted by molar-refractivity contribution is -0.150. The van der Waals surface area contributed by atoms with Crippen LogP contribution in [0.25, 0.3) is 0 Å². The standard InChI is InChI=1S/C31H28O10S2/c1-42(35,36)25-10-5-20(6-11-25)29(32)40-24-9-14-28(41-30(33)21-7-12-26(13-8-21)43(2,37)38)23(17-24)18-39-31(34)27-16-19-3-4-22(27)15-19/h3-14,17,19,22,27H,15-16,18H2,1-2H3. The zero-order valence-corrected chi connectivity index (χ0v) is 24.9. The van der Waals surface area contributed by atoms with Gasteiger partial charge in [0.1, 0.15) is 18.1 Å². The molecule has 3 atom stereocenters. The van der Waals surface area contributed by atoms with Gasteiger partial charge in [0.2, 0.25) is 0 Å². The molecule has 1 fully saturated rings. The van der Waals surface area contributed by atoms with E-state index in [1.165, 1.54) is 66.7 Å². The van der Waals surface area contributed by atoms with Gasteiger partial charge >= 0.3 is 17.9 Å². The zero-order valence-electron chi connectivity index (χ0n) is 23.3. The van der Waals surface area contributed by atoms with Crippen LogP contribution in [0.5, 0.6) is 11.5 Å². The lowest BCUT2D eigenvalue weighted by Gasteiger charge is -2.18. The highest BCUT2D eigenvalue weighted by molar-refractivity contribution is 7.91. The summed E-state index contributed by atoms with van der Waals surface area (Å²) < 4.78 is 63.6. The molecule has 0 saturated heterocycles. The number of hydrogen-bond acceptors (Lipinski definition) is 10. The van der Waals surface area contributed by atoms with Crippen molar-refractivity contribution in [3.63, 3.8) is 0 Å². The monoisotopic (exact) mass is 624 g/mol. The average molecular weight is 625 g/mol. The van der Waals surface area contributed by atoms with Crippen LogP contribution in [0, 0.1) is 17.8 Å². The molecule has 0 heterocycles. The van der Waals surface area contributed by atoms with Gasteiger partial charge in [0.05, 0.1) is 26.8 Å². The molecule has 2 aliphatic carbocycles. The van der Waals surface area contributed by atoms with E-state index in [9.17, 15) is 31.2 Å². The summed E-state index contributed by atoms with van der Waals surface area (Å²) in [7, 11) is -6.90. The van der Waals surface area contributed by atoms with Gasteiger partial charge in [-0.15, -0.1) is 0 Å². The Balaban J connectivity index is 1.35. The Labute approximate surface area is 249 Å². The molecule has 12 heteroatoms. The van der Waals surface area contributed by atoms with Crippen molar-refractivity contribution in [2.45, 2.75) is 29.2 Å². The van der Waals surface area contributed by atoms with Crippen LogP contribution in [-0.4, -0.2) is 47.3 Å². The maximum Gasteiger partial charge on any atom is 0.343 e. The van der Waals surface area contributed by atoms with E-state index in [1.54, 1.807) is 0 Å². The highest BCUT2D eigenvalue weighted by Gasteiger charge is 2.40. The highest BCUT2D eigenvalue weighted by atomic mass is 32.2. The highest BCUT2D eigenvalue weighted by Crippen LogP contribution is 2.44. The van der Waals surface area contributed by atoms with E-state index in [2.05, 4.69) is 6.08 Å². The van der Waals surface area contributed by atoms with Gasteiger partial charge in [0.15, 0.2) is 19.7 Å². The van der Waals surface area contributed by atoms with E-state index >= 15 is 0 Å². The lowest BCUT2D eigenvalue weighted by atomic mass is 9.94. The SMILES string of the molecule is CS(=O)(=O)c1ccc(C(=O)Oc2ccc(OC(=O)c3ccc(S(C)(=O)=O)cc3)c(COC(=O)C3CC4C=CC3C4)c2)cc1. The maximum atomic E-state index is 12.9. The van der Waals surface area contributed by atoms with Crippen molar-refractivity contribution in [1.29, 1.82) is 0 Å². The summed E-state index contributed by atoms with van der Waals surface area (Å²) in [5, 5.41) is 0. The first kappa shape index (κ1) is 30.2. The third-order valence-electron chi connectivity index (χ3n) is 7.43. The van der Waals surface area contributed by atoms with E-state index in [4.69, 9.17) is 14.2 Å². The number of rotatable bonds is 9. The fourth-order valence-electron chi connectivity index (χ4n) is 5.14. The molecule has 0 aliphatic heterocycles. The molecule has 3 aromatic rings. The molecule has 224 valence electrons. The van der Waals surface area contributed by atoms with Crippen LogP contribution >= 0.6 is 0 Å². The van der Waals surface area contributed by atoms with Gasteiger partial charge in [-0.1, -0.05) is 12.2 Å². The predicted molar refractivity (Wildman–Crippen MR) is 154 cm³/mol. The number of carbonyl (C=O) groups excluding carboxylic acids is 3. The minimum Gasteiger partial charge on any atom is -0.460 e. The molecule has 10 nitrogen and oxygen atoms in total. The van der Waals surface area contributed by atoms with Crippen molar-refractivity contribution in [3.8, 4) is 11.5 Å². The second-order valence-corrected chi connectivity index (χ2v) is 14.7. The van der Waals surface area contributed by atoms with Crippen LogP contribution in [0.4, 0.5) is 0 Å². The fraction of sp³-hybridized carbons (Fsp3) is 0.258. The molecule has 0 N–H and O–H groups in total. The first-order valence-electron chi connectivity index (χ1n) is 13.3. The molecule has 0 radical (unpaired) electrons. The normalized spacial score (nSPS) is 19.2. The second-order valence-electron chi connectivity index (χ2n) is 10.6. The largest absolute Gasteiger partial charge is 0.460 e. The van der Waals surface area contributed by atoms with Gasteiger partial charge in [-0.05, 0) is 91.4 Å². The number of ether oxygens (including phenoxy) is 3. The summed E-state index contributed by atoms with van der Waals surface area (Å²) in [6.45, 7) is -0.263. The molecular formula is C31H28O10S2. The molecular weight excluding hydrogens is 596 g/mol. The van der Waals surface area contributed by atoms with Gasteiger partial charge in [0.25, 0.3) is 0 Å². The van der Waals surface area contributed by atoms with Crippen molar-refractivity contribution in [1.82, 2.24) is 0 Å². The van der Waals surface area contributed by atoms with E-state index < -0.39 is 31.6 Å². The minimum atomic E-state index is -3.45. The zero-order chi connectivity index (χ0) is 30.9. The Morgan fingerprint density at radius 2 is 1.28 bits per heavy atom. The van der Waals surface area contributed by atoms with E-state index in [-0.39, 0.29) is 62.4 Å². The molecule has 2 bridgehead atoms. The number of hydrogen-bond donors (Lipinski definition) is 0. The molecule has 3 aromatic carbocycles. The first-order chi connectivity index (χ1) is 20.3. The predicted octanol–water partition coefficient (Wildman–Crippen LogP) is 4.19. The molecule has 3 unspecified atom stereocenters. The van der Waals surface area contributed by atoms with Gasteiger partial charge in [-0.3, -0.25) is 4.79 Å². The van der Waals surface area contributed by atoms with Crippen LogP contribution in [-0.2, 0) is 35.8 Å². The minimum absolute atomic E-state index is 0.0456. The van der Waals surface area contributed by atoms with Crippen LogP contribution in [0.1, 0.15) is 39.1 Å². The molecule has 0 amide bonds. The summed E-state index contributed by atoms with van der Waals surface area (Å²) in [4.78, 5) is 38.6. The van der Waals surface area contributed by atoms with Gasteiger partial charge in [-0.25, -0.2) is 26.4 Å². The molecule has 2 aliphatic rings. The Kier molecular flexibility index (Phi) is 8.26. The topological polar surface area (TPSA) is 147 Å². The Morgan fingerprint density at radius 3 is 1.77 bits per heavy atom. The number of fused-ring (bicyclic) bond motifs is 2. The number of allylic oxidation sites excluding steroid dienone is 2. The first-order valence-corrected chi connectivity index (χ1v) is 17.1. The number of sulfone groups is 2. The second kappa shape index (κ2) is 11.8. The van der Waals surface area contributed by atoms with Crippen molar-refractivity contribution in [3.05, 3.63) is 95.6 Å². The third kappa shape index (κ3) is 7.03. The summed E-state index contributed by atoms with van der Waals surface area (Å²) in [6, 6.07) is 14.7. The number of esters is 3. The quantitative estimate of drug-likeness (QED) is 0.193. The van der Waals surface area contributed by atoms with Crippen LogP contribution < -0.4 is 9.47 Å². The van der Waals surface area contributed by atoms with Gasteiger partial charge in [0, 0.05) is 18.1 Å². The van der Waals surface area contributed by atoms with Crippen molar-refractivity contribution in [2.24, 2.45) is 17.8 Å². The van der Waals surface area contributed by atoms with Crippen molar-refractivity contribution >= 4 is 37.6 Å². The Morgan fingerprint density at radius 1 is 0.721 bits per heavy atom. The summed E-state index contributed by atoms with van der Waals surface area (Å²) in [5.74, 6) is -1.55. The summed E-state index contributed by atoms with van der Waals surface area (Å²) >= 11 is 0. The Hall–Kier alpha value is -4.29. The fourth-order valence-corrected chi connectivity index (χ4v) is 6.40. The summed E-state index contributed by atoms with van der Waals surface area (Å²) in [5.41, 5.74) is 0.459. The third-order valence-corrected chi connectivity index (χ3v) is 9.69. The number of carbonyl (C=O) groups is 3. The average Bonchev–Trinajstić information content (AvgIpc) is 3.60. The van der Waals surface area contributed by atoms with Crippen LogP contribution in [0.3, 0.4) is 0 Å². The van der Waals surface area contributed by atoms with Gasteiger partial charge in [-0.2, -0.15) is 0 Å². The van der Waals surface area contributed by atoms with Crippen LogP contribution in [0.2, 0.25) is 0 Å². The Bertz CT molecular complexity index is 1820.